The maximum atomic E-state index is 14.5. The van der Waals surface area contributed by atoms with Gasteiger partial charge in [0.2, 0.25) is 5.78 Å². The molecule has 0 saturated heterocycles. The molecule has 2 aromatic carbocycles. The lowest BCUT2D eigenvalue weighted by atomic mass is 10.1. The van der Waals surface area contributed by atoms with E-state index >= 15 is 0 Å². The number of para-hydroxylation sites is 2. The minimum Gasteiger partial charge on any atom is -0.423 e. The molecule has 5 aromatic rings. The number of hydrogen-bond donors (Lipinski definition) is 0. The number of alkyl halides is 3. The van der Waals surface area contributed by atoms with Crippen LogP contribution in [0.3, 0.4) is 0 Å². The molecule has 3 heterocycles. The van der Waals surface area contributed by atoms with Crippen LogP contribution in [0.1, 0.15) is 11.3 Å². The van der Waals surface area contributed by atoms with Crippen LogP contribution >= 0.6 is 0 Å². The summed E-state index contributed by atoms with van der Waals surface area (Å²) < 4.78 is 61.9. The first-order valence-corrected chi connectivity index (χ1v) is 9.03. The van der Waals surface area contributed by atoms with E-state index in [1.807, 2.05) is 0 Å². The smallest absolute Gasteiger partial charge is 0.423 e. The Balaban J connectivity index is 1.87. The zero-order valence-electron chi connectivity index (χ0n) is 15.5. The molecule has 0 spiro atoms. The van der Waals surface area contributed by atoms with Gasteiger partial charge in [0, 0.05) is 12.1 Å². The third-order valence-corrected chi connectivity index (χ3v) is 4.97. The summed E-state index contributed by atoms with van der Waals surface area (Å²) in [4.78, 5) is 28.2. The van der Waals surface area contributed by atoms with Crippen LogP contribution < -0.4 is 11.2 Å². The zero-order valence-corrected chi connectivity index (χ0v) is 15.5. The third kappa shape index (κ3) is 2.98. The molecule has 0 radical (unpaired) electrons. The molecule has 0 fully saturated rings. The molecule has 31 heavy (non-hydrogen) atoms. The summed E-state index contributed by atoms with van der Waals surface area (Å²) in [5.41, 5.74) is -2.08. The maximum absolute atomic E-state index is 14.5. The SMILES string of the molecule is O=c1cc(Cn2c3ccccc3n3c(=O)cc(C(F)(F)F)nc23)c2c(F)cccc2o1. The van der Waals surface area contributed by atoms with Gasteiger partial charge in [-0.25, -0.2) is 18.6 Å². The number of hydrogen-bond acceptors (Lipinski definition) is 4. The van der Waals surface area contributed by atoms with Crippen molar-refractivity contribution in [1.82, 2.24) is 14.0 Å². The highest BCUT2D eigenvalue weighted by molar-refractivity contribution is 5.83. The molecule has 3 aromatic heterocycles. The molecule has 0 N–H and O–H groups in total. The molecule has 10 heteroatoms. The van der Waals surface area contributed by atoms with E-state index in [1.54, 1.807) is 24.3 Å². The highest BCUT2D eigenvalue weighted by atomic mass is 19.4. The van der Waals surface area contributed by atoms with Gasteiger partial charge in [-0.3, -0.25) is 4.79 Å². The predicted molar refractivity (Wildman–Crippen MR) is 104 cm³/mol. The topological polar surface area (TPSA) is 69.5 Å². The van der Waals surface area contributed by atoms with Crippen molar-refractivity contribution in [2.75, 3.05) is 0 Å². The lowest BCUT2D eigenvalue weighted by molar-refractivity contribution is -0.141. The van der Waals surface area contributed by atoms with E-state index in [0.717, 1.165) is 10.5 Å². The Labute approximate surface area is 169 Å². The van der Waals surface area contributed by atoms with Gasteiger partial charge >= 0.3 is 11.8 Å². The summed E-state index contributed by atoms with van der Waals surface area (Å²) in [6.45, 7) is -0.214. The predicted octanol–water partition coefficient (Wildman–Crippen LogP) is 3.96. The minimum absolute atomic E-state index is 0.00405. The standard InChI is InChI=1S/C21H11F4N3O3/c22-12-4-3-7-15-19(12)11(8-18(30)31-15)10-27-13-5-1-2-6-14(13)28-17(29)9-16(21(23,24)25)26-20(27)28/h1-9H,10H2. The van der Waals surface area contributed by atoms with Crippen LogP contribution in [0.4, 0.5) is 17.6 Å². The molecule has 0 aliphatic rings. The van der Waals surface area contributed by atoms with E-state index < -0.39 is 28.9 Å². The molecule has 0 saturated carbocycles. The summed E-state index contributed by atoms with van der Waals surface area (Å²) >= 11 is 0. The van der Waals surface area contributed by atoms with Crippen molar-refractivity contribution in [1.29, 1.82) is 0 Å². The summed E-state index contributed by atoms with van der Waals surface area (Å²) in [5.74, 6) is -0.933. The quantitative estimate of drug-likeness (QED) is 0.315. The normalized spacial score (nSPS) is 12.3. The summed E-state index contributed by atoms with van der Waals surface area (Å²) in [5, 5.41) is 0.0207. The Kier molecular flexibility index (Phi) is 4.01. The Bertz CT molecular complexity index is 1610. The van der Waals surface area contributed by atoms with Gasteiger partial charge in [0.15, 0.2) is 5.69 Å². The highest BCUT2D eigenvalue weighted by Gasteiger charge is 2.34. The van der Waals surface area contributed by atoms with E-state index in [4.69, 9.17) is 4.42 Å². The molecule has 0 amide bonds. The Hall–Kier alpha value is -3.95. The first-order chi connectivity index (χ1) is 14.7. The molecule has 0 aliphatic heterocycles. The maximum Gasteiger partial charge on any atom is 0.433 e. The molecule has 6 nitrogen and oxygen atoms in total. The van der Waals surface area contributed by atoms with Crippen molar-refractivity contribution in [3.8, 4) is 0 Å². The van der Waals surface area contributed by atoms with Crippen LogP contribution in [0.5, 0.6) is 0 Å². The Morgan fingerprint density at radius 3 is 2.45 bits per heavy atom. The van der Waals surface area contributed by atoms with Crippen LogP contribution in [-0.2, 0) is 12.7 Å². The Morgan fingerprint density at radius 1 is 0.968 bits per heavy atom. The number of imidazole rings is 1. The van der Waals surface area contributed by atoms with Gasteiger partial charge < -0.3 is 8.98 Å². The van der Waals surface area contributed by atoms with Gasteiger partial charge in [-0.1, -0.05) is 18.2 Å². The van der Waals surface area contributed by atoms with Crippen LogP contribution in [0, 0.1) is 5.82 Å². The van der Waals surface area contributed by atoms with Crippen molar-refractivity contribution in [2.24, 2.45) is 0 Å². The molecule has 5 rings (SSSR count). The van der Waals surface area contributed by atoms with Crippen molar-refractivity contribution in [3.05, 3.63) is 92.4 Å². The fourth-order valence-electron chi connectivity index (χ4n) is 3.72. The van der Waals surface area contributed by atoms with Crippen LogP contribution in [0.15, 0.2) is 68.6 Å². The van der Waals surface area contributed by atoms with Crippen molar-refractivity contribution in [3.63, 3.8) is 0 Å². The van der Waals surface area contributed by atoms with E-state index in [-0.39, 0.29) is 28.9 Å². The summed E-state index contributed by atoms with van der Waals surface area (Å²) in [7, 11) is 0. The second-order valence-electron chi connectivity index (χ2n) is 6.89. The van der Waals surface area contributed by atoms with Crippen LogP contribution in [-0.4, -0.2) is 14.0 Å². The number of benzene rings is 2. The molecule has 0 unspecified atom stereocenters. The molecular weight excluding hydrogens is 418 g/mol. The van der Waals surface area contributed by atoms with Gasteiger partial charge in [-0.2, -0.15) is 13.2 Å². The minimum atomic E-state index is -4.83. The largest absolute Gasteiger partial charge is 0.433 e. The molecule has 0 atom stereocenters. The number of rotatable bonds is 2. The van der Waals surface area contributed by atoms with Crippen LogP contribution in [0.2, 0.25) is 0 Å². The van der Waals surface area contributed by atoms with Gasteiger partial charge in [0.25, 0.3) is 5.56 Å². The lowest BCUT2D eigenvalue weighted by Gasteiger charge is -2.10. The van der Waals surface area contributed by atoms with Gasteiger partial charge in [-0.15, -0.1) is 0 Å². The Morgan fingerprint density at radius 2 is 1.71 bits per heavy atom. The first kappa shape index (κ1) is 19.0. The van der Waals surface area contributed by atoms with E-state index in [0.29, 0.717) is 17.1 Å². The molecular formula is C21H11F4N3O3. The number of fused-ring (bicyclic) bond motifs is 4. The average Bonchev–Trinajstić information content (AvgIpc) is 3.01. The highest BCUT2D eigenvalue weighted by Crippen LogP contribution is 2.29. The van der Waals surface area contributed by atoms with Crippen LogP contribution in [0.25, 0.3) is 27.8 Å². The molecule has 156 valence electrons. The fraction of sp³-hybridized carbons (Fsp3) is 0.0952. The second kappa shape index (κ2) is 6.53. The summed E-state index contributed by atoms with van der Waals surface area (Å²) in [6, 6.07) is 11.9. The third-order valence-electron chi connectivity index (χ3n) is 4.97. The van der Waals surface area contributed by atoms with Crippen molar-refractivity contribution < 1.29 is 22.0 Å². The molecule has 0 aliphatic carbocycles. The number of nitrogens with zero attached hydrogens (tertiary/aromatic N) is 3. The fourth-order valence-corrected chi connectivity index (χ4v) is 3.72. The van der Waals surface area contributed by atoms with E-state index in [9.17, 15) is 27.2 Å². The zero-order chi connectivity index (χ0) is 21.9. The van der Waals surface area contributed by atoms with Gasteiger partial charge in [0.1, 0.15) is 11.4 Å². The van der Waals surface area contributed by atoms with Crippen molar-refractivity contribution >= 4 is 27.8 Å². The lowest BCUT2D eigenvalue weighted by Crippen LogP contribution is -2.20. The number of aromatic nitrogens is 3. The molecule has 0 bridgehead atoms. The van der Waals surface area contributed by atoms with E-state index in [2.05, 4.69) is 4.98 Å². The first-order valence-electron chi connectivity index (χ1n) is 9.03. The van der Waals surface area contributed by atoms with Gasteiger partial charge in [0.05, 0.1) is 23.0 Å². The monoisotopic (exact) mass is 429 g/mol. The number of halogens is 4. The van der Waals surface area contributed by atoms with Crippen molar-refractivity contribution in [2.45, 2.75) is 12.7 Å². The summed E-state index contributed by atoms with van der Waals surface area (Å²) in [6.07, 6.45) is -4.83. The van der Waals surface area contributed by atoms with Gasteiger partial charge in [-0.05, 0) is 29.8 Å². The average molecular weight is 429 g/mol. The van der Waals surface area contributed by atoms with E-state index in [1.165, 1.54) is 22.8 Å². The second-order valence-corrected chi connectivity index (χ2v) is 6.89.